The van der Waals surface area contributed by atoms with Gasteiger partial charge in [0, 0.05) is 6.61 Å². The van der Waals surface area contributed by atoms with Crippen molar-refractivity contribution in [1.29, 1.82) is 0 Å². The number of allylic oxidation sites excluding steroid dienone is 2. The van der Waals surface area contributed by atoms with Gasteiger partial charge in [-0.25, -0.2) is 0 Å². The second kappa shape index (κ2) is 3.87. The van der Waals surface area contributed by atoms with E-state index < -0.39 is 0 Å². The Hall–Kier alpha value is -0.300. The van der Waals surface area contributed by atoms with Gasteiger partial charge in [0.2, 0.25) is 0 Å². The van der Waals surface area contributed by atoms with Crippen molar-refractivity contribution in [2.24, 2.45) is 22.7 Å². The molecule has 0 aromatic heterocycles. The molecule has 0 bridgehead atoms. The first-order valence-corrected chi connectivity index (χ1v) is 6.70. The fourth-order valence-corrected chi connectivity index (χ4v) is 3.76. The number of hydrogen-bond acceptors (Lipinski definition) is 1. The van der Waals surface area contributed by atoms with E-state index in [4.69, 9.17) is 0 Å². The van der Waals surface area contributed by atoms with Gasteiger partial charge in [0.1, 0.15) is 0 Å². The number of aliphatic hydroxyl groups is 1. The second-order valence-electron chi connectivity index (χ2n) is 6.75. The first-order valence-electron chi connectivity index (χ1n) is 6.70. The van der Waals surface area contributed by atoms with E-state index in [1.807, 2.05) is 0 Å². The van der Waals surface area contributed by atoms with Crippen LogP contribution in [0.5, 0.6) is 0 Å². The van der Waals surface area contributed by atoms with Gasteiger partial charge in [0.25, 0.3) is 0 Å². The van der Waals surface area contributed by atoms with Crippen molar-refractivity contribution in [2.75, 3.05) is 6.61 Å². The summed E-state index contributed by atoms with van der Waals surface area (Å²) in [4.78, 5) is 0. The van der Waals surface area contributed by atoms with Crippen LogP contribution in [0.4, 0.5) is 0 Å². The predicted octanol–water partition coefficient (Wildman–Crippen LogP) is 3.78. The van der Waals surface area contributed by atoms with Crippen LogP contribution in [0.2, 0.25) is 0 Å². The molecule has 1 nitrogen and oxygen atoms in total. The minimum absolute atomic E-state index is 0.349. The highest BCUT2D eigenvalue weighted by atomic mass is 16.3. The van der Waals surface area contributed by atoms with Crippen LogP contribution >= 0.6 is 0 Å². The van der Waals surface area contributed by atoms with Crippen molar-refractivity contribution in [1.82, 2.24) is 0 Å². The highest BCUT2D eigenvalue weighted by Gasteiger charge is 2.55. The zero-order valence-corrected chi connectivity index (χ0v) is 11.2. The number of rotatable bonds is 4. The lowest BCUT2D eigenvalue weighted by Gasteiger charge is -2.37. The van der Waals surface area contributed by atoms with Crippen LogP contribution < -0.4 is 0 Å². The Morgan fingerprint density at radius 2 is 2.06 bits per heavy atom. The Morgan fingerprint density at radius 3 is 2.44 bits per heavy atom. The summed E-state index contributed by atoms with van der Waals surface area (Å²) >= 11 is 0. The normalized spacial score (nSPS) is 32.3. The van der Waals surface area contributed by atoms with E-state index in [0.29, 0.717) is 23.4 Å². The summed E-state index contributed by atoms with van der Waals surface area (Å²) in [6.07, 6.45) is 7.68. The first-order chi connectivity index (χ1) is 7.42. The van der Waals surface area contributed by atoms with Gasteiger partial charge >= 0.3 is 0 Å². The molecule has 2 rings (SSSR count). The predicted molar refractivity (Wildman–Crippen MR) is 68.2 cm³/mol. The Bertz CT molecular complexity index is 297. The lowest BCUT2D eigenvalue weighted by molar-refractivity contribution is 0.126. The van der Waals surface area contributed by atoms with Gasteiger partial charge in [-0.1, -0.05) is 32.4 Å². The molecule has 1 N–H and O–H groups in total. The molecule has 92 valence electrons. The monoisotopic (exact) mass is 222 g/mol. The molecule has 1 fully saturated rings. The van der Waals surface area contributed by atoms with Gasteiger partial charge < -0.3 is 5.11 Å². The van der Waals surface area contributed by atoms with Crippen LogP contribution in [-0.2, 0) is 0 Å². The Kier molecular flexibility index (Phi) is 2.94. The van der Waals surface area contributed by atoms with Crippen LogP contribution in [0, 0.1) is 22.7 Å². The molecule has 2 atom stereocenters. The highest BCUT2D eigenvalue weighted by Crippen LogP contribution is 2.65. The standard InChI is InChI=1S/C15H26O/c1-11(10-16)9-15(7-8-15)13-6-5-12(2)14(13,3)4/h5,11,13,16H,6-10H2,1-4H3. The van der Waals surface area contributed by atoms with Gasteiger partial charge in [-0.2, -0.15) is 0 Å². The van der Waals surface area contributed by atoms with Gasteiger partial charge in [-0.15, -0.1) is 0 Å². The van der Waals surface area contributed by atoms with Crippen molar-refractivity contribution in [3.63, 3.8) is 0 Å². The SMILES string of the molecule is CC1=CCC(C2(CC(C)CO)CC2)C1(C)C. The molecule has 0 aliphatic heterocycles. The third-order valence-corrected chi connectivity index (χ3v) is 5.25. The minimum Gasteiger partial charge on any atom is -0.396 e. The van der Waals surface area contributed by atoms with E-state index in [0.717, 1.165) is 5.92 Å². The molecule has 2 aliphatic rings. The summed E-state index contributed by atoms with van der Waals surface area (Å²) in [5.74, 6) is 1.29. The average molecular weight is 222 g/mol. The molecule has 0 spiro atoms. The van der Waals surface area contributed by atoms with Crippen LogP contribution in [-0.4, -0.2) is 11.7 Å². The van der Waals surface area contributed by atoms with Crippen LogP contribution in [0.1, 0.15) is 53.4 Å². The summed E-state index contributed by atoms with van der Waals surface area (Å²) in [6.45, 7) is 9.62. The smallest absolute Gasteiger partial charge is 0.0456 e. The van der Waals surface area contributed by atoms with Crippen molar-refractivity contribution >= 4 is 0 Å². The summed E-state index contributed by atoms with van der Waals surface area (Å²) < 4.78 is 0. The van der Waals surface area contributed by atoms with Crippen LogP contribution in [0.3, 0.4) is 0 Å². The summed E-state index contributed by atoms with van der Waals surface area (Å²) in [6, 6.07) is 0. The van der Waals surface area contributed by atoms with Gasteiger partial charge in [-0.05, 0) is 55.3 Å². The zero-order valence-electron chi connectivity index (χ0n) is 11.2. The molecule has 0 aromatic carbocycles. The fourth-order valence-electron chi connectivity index (χ4n) is 3.76. The fraction of sp³-hybridized carbons (Fsp3) is 0.867. The molecule has 0 heterocycles. The summed E-state index contributed by atoms with van der Waals surface area (Å²) in [5.41, 5.74) is 2.51. The van der Waals surface area contributed by atoms with E-state index in [-0.39, 0.29) is 0 Å². The molecule has 0 saturated heterocycles. The lowest BCUT2D eigenvalue weighted by atomic mass is 9.67. The van der Waals surface area contributed by atoms with Gasteiger partial charge in [0.15, 0.2) is 0 Å². The van der Waals surface area contributed by atoms with E-state index in [1.165, 1.54) is 25.7 Å². The summed E-state index contributed by atoms with van der Waals surface area (Å²) in [5, 5.41) is 9.24. The van der Waals surface area contributed by atoms with Gasteiger partial charge in [0.05, 0.1) is 0 Å². The van der Waals surface area contributed by atoms with Crippen molar-refractivity contribution in [3.05, 3.63) is 11.6 Å². The Morgan fingerprint density at radius 1 is 1.44 bits per heavy atom. The quantitative estimate of drug-likeness (QED) is 0.718. The molecule has 1 saturated carbocycles. The lowest BCUT2D eigenvalue weighted by Crippen LogP contribution is -2.30. The molecular formula is C15H26O. The van der Waals surface area contributed by atoms with Crippen LogP contribution in [0.25, 0.3) is 0 Å². The van der Waals surface area contributed by atoms with Gasteiger partial charge in [-0.3, -0.25) is 0 Å². The first kappa shape index (κ1) is 12.2. The molecule has 16 heavy (non-hydrogen) atoms. The van der Waals surface area contributed by atoms with Crippen LogP contribution in [0.15, 0.2) is 11.6 Å². The molecule has 0 aromatic rings. The number of aliphatic hydroxyl groups excluding tert-OH is 1. The Labute approximate surface area is 99.9 Å². The van der Waals surface area contributed by atoms with Crippen molar-refractivity contribution in [3.8, 4) is 0 Å². The molecule has 2 aliphatic carbocycles. The van der Waals surface area contributed by atoms with E-state index in [2.05, 4.69) is 33.8 Å². The highest BCUT2D eigenvalue weighted by molar-refractivity contribution is 5.23. The molecular weight excluding hydrogens is 196 g/mol. The molecule has 0 amide bonds. The van der Waals surface area contributed by atoms with Crippen molar-refractivity contribution in [2.45, 2.75) is 53.4 Å². The van der Waals surface area contributed by atoms with E-state index in [9.17, 15) is 5.11 Å². The zero-order chi connectivity index (χ0) is 12.0. The second-order valence-corrected chi connectivity index (χ2v) is 6.75. The maximum atomic E-state index is 9.24. The van der Waals surface area contributed by atoms with E-state index >= 15 is 0 Å². The topological polar surface area (TPSA) is 20.2 Å². The average Bonchev–Trinajstić information content (AvgIpc) is 2.92. The number of hydrogen-bond donors (Lipinski definition) is 1. The summed E-state index contributed by atoms with van der Waals surface area (Å²) in [7, 11) is 0. The molecule has 0 radical (unpaired) electrons. The third-order valence-electron chi connectivity index (χ3n) is 5.25. The van der Waals surface area contributed by atoms with Crippen molar-refractivity contribution < 1.29 is 5.11 Å². The molecule has 2 unspecified atom stereocenters. The third kappa shape index (κ3) is 1.84. The maximum Gasteiger partial charge on any atom is 0.0456 e. The largest absolute Gasteiger partial charge is 0.396 e. The molecule has 1 heteroatoms. The van der Waals surface area contributed by atoms with E-state index in [1.54, 1.807) is 5.57 Å². The Balaban J connectivity index is 2.09. The maximum absolute atomic E-state index is 9.24. The minimum atomic E-state index is 0.349.